The van der Waals surface area contributed by atoms with Gasteiger partial charge in [0.1, 0.15) is 11.6 Å². The maximum atomic E-state index is 13.0. The van der Waals surface area contributed by atoms with Crippen molar-refractivity contribution in [3.05, 3.63) is 42.4 Å². The van der Waals surface area contributed by atoms with Crippen LogP contribution in [0.4, 0.5) is 5.82 Å². The van der Waals surface area contributed by atoms with Gasteiger partial charge in [0.2, 0.25) is 5.91 Å². The van der Waals surface area contributed by atoms with Gasteiger partial charge in [0.25, 0.3) is 0 Å². The number of hydrogen-bond acceptors (Lipinski definition) is 5. The molecule has 2 atom stereocenters. The Morgan fingerprint density at radius 3 is 2.36 bits per heavy atom. The second-order valence-corrected chi connectivity index (χ2v) is 11.7. The normalized spacial score (nSPS) is 16.4. The molecule has 0 aliphatic carbocycles. The van der Waals surface area contributed by atoms with Gasteiger partial charge in [0.05, 0.1) is 17.3 Å². The smallest absolute Gasteiger partial charge is 0.222 e. The van der Waals surface area contributed by atoms with Crippen LogP contribution < -0.4 is 4.90 Å². The summed E-state index contributed by atoms with van der Waals surface area (Å²) in [4.78, 5) is 27.4. The van der Waals surface area contributed by atoms with E-state index in [1.165, 1.54) is 0 Å². The molecule has 3 heterocycles. The highest BCUT2D eigenvalue weighted by Gasteiger charge is 2.27. The summed E-state index contributed by atoms with van der Waals surface area (Å²) in [6, 6.07) is 10.1. The van der Waals surface area contributed by atoms with Crippen molar-refractivity contribution in [3.8, 4) is 5.69 Å². The van der Waals surface area contributed by atoms with Gasteiger partial charge in [0, 0.05) is 38.5 Å². The predicted octanol–water partition coefficient (Wildman–Crippen LogP) is 5.83. The average Bonchev–Trinajstić information content (AvgIpc) is 3.27. The Labute approximate surface area is 215 Å². The molecule has 7 heteroatoms. The van der Waals surface area contributed by atoms with Crippen LogP contribution in [-0.4, -0.2) is 56.7 Å². The van der Waals surface area contributed by atoms with Gasteiger partial charge in [-0.25, -0.2) is 14.6 Å². The molecule has 36 heavy (non-hydrogen) atoms. The van der Waals surface area contributed by atoms with Crippen LogP contribution in [0.1, 0.15) is 79.0 Å². The van der Waals surface area contributed by atoms with Crippen LogP contribution in [0.15, 0.2) is 36.5 Å². The van der Waals surface area contributed by atoms with E-state index in [9.17, 15) is 4.79 Å². The van der Waals surface area contributed by atoms with Gasteiger partial charge >= 0.3 is 0 Å². The minimum absolute atomic E-state index is 0.244. The summed E-state index contributed by atoms with van der Waals surface area (Å²) in [6.45, 7) is 16.3. The van der Waals surface area contributed by atoms with Crippen LogP contribution in [0, 0.1) is 11.3 Å². The van der Waals surface area contributed by atoms with Crippen LogP contribution in [0.2, 0.25) is 0 Å². The van der Waals surface area contributed by atoms with Crippen LogP contribution in [0.3, 0.4) is 0 Å². The fraction of sp³-hybridized carbons (Fsp3) is 0.586. The molecular formula is C29H42N6O. The lowest BCUT2D eigenvalue weighted by molar-refractivity contribution is -0.132. The largest absolute Gasteiger partial charge is 0.352 e. The Balaban J connectivity index is 1.56. The van der Waals surface area contributed by atoms with E-state index >= 15 is 0 Å². The summed E-state index contributed by atoms with van der Waals surface area (Å²) in [5, 5.41) is 5.66. The summed E-state index contributed by atoms with van der Waals surface area (Å²) in [7, 11) is 0. The molecule has 1 amide bonds. The molecule has 0 N–H and O–H groups in total. The number of anilines is 1. The second kappa shape index (κ2) is 11.0. The van der Waals surface area contributed by atoms with Crippen molar-refractivity contribution in [2.45, 2.75) is 73.1 Å². The van der Waals surface area contributed by atoms with Crippen LogP contribution >= 0.6 is 0 Å². The molecule has 1 aliphatic heterocycles. The zero-order valence-electron chi connectivity index (χ0n) is 22.9. The second-order valence-electron chi connectivity index (χ2n) is 11.7. The number of para-hydroxylation sites is 1. The molecule has 0 bridgehead atoms. The fourth-order valence-electron chi connectivity index (χ4n) is 5.40. The van der Waals surface area contributed by atoms with Crippen molar-refractivity contribution in [3.63, 3.8) is 0 Å². The van der Waals surface area contributed by atoms with E-state index in [1.807, 2.05) is 34.0 Å². The Kier molecular flexibility index (Phi) is 7.96. The number of nitrogens with zero attached hydrogens (tertiary/aromatic N) is 6. The Morgan fingerprint density at radius 1 is 1.03 bits per heavy atom. The van der Waals surface area contributed by atoms with E-state index in [4.69, 9.17) is 15.1 Å². The molecule has 0 radical (unpaired) electrons. The van der Waals surface area contributed by atoms with Crippen LogP contribution in [0.5, 0.6) is 0 Å². The Morgan fingerprint density at radius 2 is 1.72 bits per heavy atom. The first-order valence-electron chi connectivity index (χ1n) is 13.5. The van der Waals surface area contributed by atoms with Gasteiger partial charge < -0.3 is 9.80 Å². The first-order chi connectivity index (χ1) is 17.2. The number of carbonyl (C=O) groups excluding carboxylic acids is 1. The van der Waals surface area contributed by atoms with Crippen molar-refractivity contribution >= 4 is 22.8 Å². The summed E-state index contributed by atoms with van der Waals surface area (Å²) >= 11 is 0. The molecule has 0 saturated carbocycles. The van der Waals surface area contributed by atoms with Gasteiger partial charge in [-0.2, -0.15) is 5.10 Å². The van der Waals surface area contributed by atoms with Crippen molar-refractivity contribution in [2.75, 3.05) is 31.1 Å². The van der Waals surface area contributed by atoms with Crippen molar-refractivity contribution in [1.82, 2.24) is 24.6 Å². The van der Waals surface area contributed by atoms with Crippen molar-refractivity contribution in [2.24, 2.45) is 11.3 Å². The molecule has 4 rings (SSSR count). The first kappa shape index (κ1) is 26.1. The van der Waals surface area contributed by atoms with Gasteiger partial charge in [-0.3, -0.25) is 4.79 Å². The molecule has 1 saturated heterocycles. The summed E-state index contributed by atoms with van der Waals surface area (Å²) in [5.74, 6) is 2.74. The molecule has 1 aromatic carbocycles. The zero-order valence-corrected chi connectivity index (χ0v) is 22.9. The lowest BCUT2D eigenvalue weighted by Gasteiger charge is -2.36. The minimum atomic E-state index is 0.244. The van der Waals surface area contributed by atoms with Crippen molar-refractivity contribution < 1.29 is 4.79 Å². The highest BCUT2D eigenvalue weighted by molar-refractivity contribution is 5.88. The number of benzene rings is 1. The molecule has 7 nitrogen and oxygen atoms in total. The quantitative estimate of drug-likeness (QED) is 0.397. The average molecular weight is 491 g/mol. The number of carbonyl (C=O) groups is 1. The predicted molar refractivity (Wildman–Crippen MR) is 147 cm³/mol. The van der Waals surface area contributed by atoms with Gasteiger partial charge in [-0.1, -0.05) is 66.2 Å². The van der Waals surface area contributed by atoms with E-state index in [0.717, 1.165) is 73.8 Å². The van der Waals surface area contributed by atoms with Gasteiger partial charge in [-0.15, -0.1) is 0 Å². The molecule has 0 spiro atoms. The number of amides is 1. The van der Waals surface area contributed by atoms with Gasteiger partial charge in [0.15, 0.2) is 5.65 Å². The molecule has 3 aromatic rings. The third-order valence-corrected chi connectivity index (χ3v) is 7.00. The van der Waals surface area contributed by atoms with E-state index in [-0.39, 0.29) is 17.2 Å². The highest BCUT2D eigenvalue weighted by atomic mass is 16.2. The van der Waals surface area contributed by atoms with E-state index in [2.05, 4.69) is 58.6 Å². The SMILES string of the molecule is CCC[C@@H](C)c1nc(N2CCN(C(=O)C[C@H](C)CC(C)(C)C)CC2)c2cnn(-c3ccccc3)c2n1. The number of rotatable bonds is 8. The van der Waals surface area contributed by atoms with E-state index < -0.39 is 0 Å². The molecule has 2 aromatic heterocycles. The van der Waals surface area contributed by atoms with Crippen molar-refractivity contribution in [1.29, 1.82) is 0 Å². The fourth-order valence-corrected chi connectivity index (χ4v) is 5.40. The first-order valence-corrected chi connectivity index (χ1v) is 13.5. The highest BCUT2D eigenvalue weighted by Crippen LogP contribution is 2.30. The monoisotopic (exact) mass is 490 g/mol. The molecule has 1 fully saturated rings. The van der Waals surface area contributed by atoms with Crippen LogP contribution in [-0.2, 0) is 4.79 Å². The topological polar surface area (TPSA) is 67.2 Å². The third-order valence-electron chi connectivity index (χ3n) is 7.00. The summed E-state index contributed by atoms with van der Waals surface area (Å²) in [6.07, 6.45) is 5.70. The molecular weight excluding hydrogens is 448 g/mol. The molecule has 0 unspecified atom stereocenters. The Hall–Kier alpha value is -2.96. The van der Waals surface area contributed by atoms with E-state index in [1.54, 1.807) is 0 Å². The Bertz CT molecular complexity index is 1160. The van der Waals surface area contributed by atoms with E-state index in [0.29, 0.717) is 12.3 Å². The number of aromatic nitrogens is 4. The van der Waals surface area contributed by atoms with Crippen LogP contribution in [0.25, 0.3) is 16.7 Å². The van der Waals surface area contributed by atoms with Gasteiger partial charge in [-0.05, 0) is 36.3 Å². The summed E-state index contributed by atoms with van der Waals surface area (Å²) < 4.78 is 1.92. The maximum absolute atomic E-state index is 13.0. The standard InChI is InChI=1S/C29H42N6O/c1-7-11-22(3)26-31-27(24-20-30-35(28(24)32-26)23-12-9-8-10-13-23)34-16-14-33(15-17-34)25(36)18-21(2)19-29(4,5)6/h8-10,12-13,20-22H,7,11,14-19H2,1-6H3/t21-,22+/m0/s1. The zero-order chi connectivity index (χ0) is 25.9. The maximum Gasteiger partial charge on any atom is 0.222 e. The summed E-state index contributed by atoms with van der Waals surface area (Å²) in [5.41, 5.74) is 2.08. The molecule has 194 valence electrons. The number of fused-ring (bicyclic) bond motifs is 1. The number of hydrogen-bond donors (Lipinski definition) is 0. The minimum Gasteiger partial charge on any atom is -0.352 e. The third kappa shape index (κ3) is 6.05. The number of piperazine rings is 1. The molecule has 1 aliphatic rings. The lowest BCUT2D eigenvalue weighted by Crippen LogP contribution is -2.49. The lowest BCUT2D eigenvalue weighted by atomic mass is 9.84.